The molecule has 4 N–H and O–H groups in total. The molecule has 0 amide bonds. The van der Waals surface area contributed by atoms with Gasteiger partial charge in [0, 0.05) is 24.9 Å². The zero-order valence-corrected chi connectivity index (χ0v) is 10.4. The summed E-state index contributed by atoms with van der Waals surface area (Å²) in [6, 6.07) is 5.70. The standard InChI is InChI=1S/C13H22N2O2/c1-17-13-10-11(6-7-12(13)14)15-8-4-2-3-5-9-16/h6-7,10,15-16H,2-5,8-9,14H2,1H3. The average Bonchev–Trinajstić information content (AvgIpc) is 2.35. The Bertz CT molecular complexity index is 329. The number of hydrogen-bond donors (Lipinski definition) is 3. The molecule has 0 aromatic heterocycles. The van der Waals surface area contributed by atoms with E-state index in [4.69, 9.17) is 15.6 Å². The first-order chi connectivity index (χ1) is 8.27. The molecule has 0 heterocycles. The molecule has 4 heteroatoms. The van der Waals surface area contributed by atoms with Gasteiger partial charge < -0.3 is 20.9 Å². The van der Waals surface area contributed by atoms with Crippen molar-refractivity contribution in [1.29, 1.82) is 0 Å². The lowest BCUT2D eigenvalue weighted by Crippen LogP contribution is -2.02. The second kappa shape index (κ2) is 7.79. The molecule has 1 rings (SSSR count). The summed E-state index contributed by atoms with van der Waals surface area (Å²) >= 11 is 0. The number of hydrogen-bond acceptors (Lipinski definition) is 4. The van der Waals surface area contributed by atoms with E-state index in [0.29, 0.717) is 18.0 Å². The van der Waals surface area contributed by atoms with Gasteiger partial charge in [-0.15, -0.1) is 0 Å². The smallest absolute Gasteiger partial charge is 0.143 e. The number of aliphatic hydroxyl groups is 1. The van der Waals surface area contributed by atoms with E-state index in [-0.39, 0.29) is 0 Å². The van der Waals surface area contributed by atoms with E-state index in [1.807, 2.05) is 18.2 Å². The van der Waals surface area contributed by atoms with Gasteiger partial charge in [0.1, 0.15) is 5.75 Å². The molecule has 0 bridgehead atoms. The number of anilines is 2. The number of nitrogen functional groups attached to an aromatic ring is 1. The van der Waals surface area contributed by atoms with Crippen LogP contribution in [0.5, 0.6) is 5.75 Å². The van der Waals surface area contributed by atoms with E-state index in [2.05, 4.69) is 5.32 Å². The van der Waals surface area contributed by atoms with E-state index in [9.17, 15) is 0 Å². The van der Waals surface area contributed by atoms with Crippen molar-refractivity contribution >= 4 is 11.4 Å². The first kappa shape index (κ1) is 13.6. The predicted octanol–water partition coefficient (Wildman–Crippen LogP) is 2.24. The van der Waals surface area contributed by atoms with Crippen molar-refractivity contribution < 1.29 is 9.84 Å². The first-order valence-corrected chi connectivity index (χ1v) is 6.06. The predicted molar refractivity (Wildman–Crippen MR) is 71.4 cm³/mol. The first-order valence-electron chi connectivity index (χ1n) is 6.06. The number of nitrogens with two attached hydrogens (primary N) is 1. The SMILES string of the molecule is COc1cc(NCCCCCCO)ccc1N. The van der Waals surface area contributed by atoms with Crippen LogP contribution in [0.2, 0.25) is 0 Å². The summed E-state index contributed by atoms with van der Waals surface area (Å²) in [5.74, 6) is 0.704. The zero-order chi connectivity index (χ0) is 12.5. The summed E-state index contributed by atoms with van der Waals surface area (Å²) in [6.45, 7) is 1.22. The second-order valence-electron chi connectivity index (χ2n) is 4.02. The maximum absolute atomic E-state index is 8.64. The molecule has 0 aliphatic heterocycles. The lowest BCUT2D eigenvalue weighted by atomic mass is 10.2. The highest BCUT2D eigenvalue weighted by atomic mass is 16.5. The third kappa shape index (κ3) is 4.95. The number of methoxy groups -OCH3 is 1. The van der Waals surface area contributed by atoms with Crippen molar-refractivity contribution in [3.63, 3.8) is 0 Å². The number of rotatable bonds is 8. The normalized spacial score (nSPS) is 10.2. The van der Waals surface area contributed by atoms with Crippen LogP contribution in [0.3, 0.4) is 0 Å². The second-order valence-corrected chi connectivity index (χ2v) is 4.02. The molecule has 4 nitrogen and oxygen atoms in total. The van der Waals surface area contributed by atoms with E-state index >= 15 is 0 Å². The van der Waals surface area contributed by atoms with E-state index in [1.165, 1.54) is 0 Å². The Morgan fingerprint density at radius 1 is 1.24 bits per heavy atom. The van der Waals surface area contributed by atoms with Crippen LogP contribution < -0.4 is 15.8 Å². The van der Waals surface area contributed by atoms with Gasteiger partial charge >= 0.3 is 0 Å². The van der Waals surface area contributed by atoms with Gasteiger partial charge in [-0.05, 0) is 25.0 Å². The lowest BCUT2D eigenvalue weighted by molar-refractivity contribution is 0.283. The molecular weight excluding hydrogens is 216 g/mol. The van der Waals surface area contributed by atoms with Gasteiger partial charge in [-0.25, -0.2) is 0 Å². The van der Waals surface area contributed by atoms with Gasteiger partial charge in [-0.1, -0.05) is 12.8 Å². The summed E-state index contributed by atoms with van der Waals surface area (Å²) in [7, 11) is 1.62. The zero-order valence-electron chi connectivity index (χ0n) is 10.4. The highest BCUT2D eigenvalue weighted by Crippen LogP contribution is 2.24. The van der Waals surface area contributed by atoms with Gasteiger partial charge in [-0.2, -0.15) is 0 Å². The molecule has 0 aliphatic carbocycles. The molecule has 17 heavy (non-hydrogen) atoms. The molecule has 0 unspecified atom stereocenters. The summed E-state index contributed by atoms with van der Waals surface area (Å²) in [4.78, 5) is 0. The number of unbranched alkanes of at least 4 members (excludes halogenated alkanes) is 3. The van der Waals surface area contributed by atoms with Crippen molar-refractivity contribution in [2.75, 3.05) is 31.3 Å². The minimum Gasteiger partial charge on any atom is -0.495 e. The summed E-state index contributed by atoms with van der Waals surface area (Å²) < 4.78 is 5.15. The van der Waals surface area contributed by atoms with Crippen LogP contribution in [-0.2, 0) is 0 Å². The largest absolute Gasteiger partial charge is 0.495 e. The summed E-state index contributed by atoms with van der Waals surface area (Å²) in [5, 5.41) is 12.0. The minimum absolute atomic E-state index is 0.294. The Balaban J connectivity index is 2.27. The van der Waals surface area contributed by atoms with Crippen LogP contribution >= 0.6 is 0 Å². The highest BCUT2D eigenvalue weighted by molar-refractivity contribution is 5.61. The monoisotopic (exact) mass is 238 g/mol. The Hall–Kier alpha value is -1.42. The van der Waals surface area contributed by atoms with E-state index < -0.39 is 0 Å². The molecule has 0 aliphatic rings. The Labute approximate surface area is 103 Å². The maximum Gasteiger partial charge on any atom is 0.143 e. The fourth-order valence-electron chi connectivity index (χ4n) is 1.64. The van der Waals surface area contributed by atoms with Crippen molar-refractivity contribution in [2.24, 2.45) is 0 Å². The van der Waals surface area contributed by atoms with E-state index in [1.54, 1.807) is 7.11 Å². The molecule has 1 aromatic carbocycles. The summed E-state index contributed by atoms with van der Waals surface area (Å²) in [6.07, 6.45) is 4.23. The molecule has 0 spiro atoms. The lowest BCUT2D eigenvalue weighted by Gasteiger charge is -2.09. The number of aliphatic hydroxyl groups excluding tert-OH is 1. The van der Waals surface area contributed by atoms with Gasteiger partial charge in [0.05, 0.1) is 12.8 Å². The Morgan fingerprint density at radius 3 is 2.71 bits per heavy atom. The third-order valence-corrected chi connectivity index (χ3v) is 2.65. The van der Waals surface area contributed by atoms with Crippen LogP contribution in [0, 0.1) is 0 Å². The number of nitrogens with one attached hydrogen (secondary N) is 1. The van der Waals surface area contributed by atoms with Crippen molar-refractivity contribution in [3.8, 4) is 5.75 Å². The van der Waals surface area contributed by atoms with Crippen LogP contribution in [0.1, 0.15) is 25.7 Å². The van der Waals surface area contributed by atoms with Crippen LogP contribution in [0.4, 0.5) is 11.4 Å². The minimum atomic E-state index is 0.294. The average molecular weight is 238 g/mol. The quantitative estimate of drug-likeness (QED) is 0.480. The van der Waals surface area contributed by atoms with Gasteiger partial charge in [0.2, 0.25) is 0 Å². The van der Waals surface area contributed by atoms with Crippen LogP contribution in [-0.4, -0.2) is 25.4 Å². The number of benzene rings is 1. The molecular formula is C13H22N2O2. The Kier molecular flexibility index (Phi) is 6.25. The topological polar surface area (TPSA) is 67.5 Å². The molecule has 0 atom stereocenters. The Morgan fingerprint density at radius 2 is 2.00 bits per heavy atom. The molecule has 0 saturated carbocycles. The van der Waals surface area contributed by atoms with Crippen LogP contribution in [0.15, 0.2) is 18.2 Å². The summed E-state index contributed by atoms with van der Waals surface area (Å²) in [5.41, 5.74) is 7.41. The van der Waals surface area contributed by atoms with E-state index in [0.717, 1.165) is 37.9 Å². The molecule has 0 saturated heterocycles. The molecule has 1 aromatic rings. The van der Waals surface area contributed by atoms with Crippen molar-refractivity contribution in [2.45, 2.75) is 25.7 Å². The molecule has 0 fully saturated rings. The number of ether oxygens (including phenoxy) is 1. The highest BCUT2D eigenvalue weighted by Gasteiger charge is 2.00. The van der Waals surface area contributed by atoms with Gasteiger partial charge in [0.25, 0.3) is 0 Å². The van der Waals surface area contributed by atoms with Gasteiger partial charge in [-0.3, -0.25) is 0 Å². The maximum atomic E-state index is 8.64. The van der Waals surface area contributed by atoms with Gasteiger partial charge in [0.15, 0.2) is 0 Å². The molecule has 96 valence electrons. The fourth-order valence-corrected chi connectivity index (χ4v) is 1.64. The van der Waals surface area contributed by atoms with Crippen molar-refractivity contribution in [3.05, 3.63) is 18.2 Å². The van der Waals surface area contributed by atoms with Crippen LogP contribution in [0.25, 0.3) is 0 Å². The fraction of sp³-hybridized carbons (Fsp3) is 0.538. The third-order valence-electron chi connectivity index (χ3n) is 2.65. The molecule has 0 radical (unpaired) electrons. The van der Waals surface area contributed by atoms with Crippen molar-refractivity contribution in [1.82, 2.24) is 0 Å².